The Hall–Kier alpha value is 1.25. The van der Waals surface area contributed by atoms with E-state index in [-0.39, 0.29) is 39.1 Å². The Balaban J connectivity index is -0.00000000500. The molecule has 0 bridgehead atoms. The molecular formula is C2H9AlTi. The maximum Gasteiger partial charge on any atom is 0.187 e. The first kappa shape index (κ1) is 18.7. The first-order valence-electron chi connectivity index (χ1n) is 1.00. The van der Waals surface area contributed by atoms with Crippen LogP contribution in [0.15, 0.2) is 0 Å². The maximum atomic E-state index is 2.00. The summed E-state index contributed by atoms with van der Waals surface area (Å²) in [6, 6.07) is 0. The number of hydrogen-bond acceptors (Lipinski definition) is 0. The minimum absolute atomic E-state index is 0. The van der Waals surface area contributed by atoms with Gasteiger partial charge in [0.05, 0.1) is 0 Å². The van der Waals surface area contributed by atoms with Gasteiger partial charge in [0.2, 0.25) is 0 Å². The first-order chi connectivity index (χ1) is 1.00. The first-order valence-corrected chi connectivity index (χ1v) is 1.00. The van der Waals surface area contributed by atoms with Crippen LogP contribution in [0.25, 0.3) is 0 Å². The van der Waals surface area contributed by atoms with Crippen LogP contribution in [0.3, 0.4) is 0 Å². The Morgan fingerprint density at radius 1 is 1.00 bits per heavy atom. The van der Waals surface area contributed by atoms with Crippen LogP contribution in [0.1, 0.15) is 13.8 Å². The van der Waals surface area contributed by atoms with Gasteiger partial charge in [-0.15, -0.1) is 0 Å². The minimum Gasteiger partial charge on any atom is -0.0683 e. The molecule has 0 saturated heterocycles. The Bertz CT molecular complexity index is 6.00. The van der Waals surface area contributed by atoms with Crippen molar-refractivity contribution in [2.75, 3.05) is 0 Å². The largest absolute Gasteiger partial charge is 0.187 e. The summed E-state index contributed by atoms with van der Waals surface area (Å²) in [5.74, 6) is 0. The van der Waals surface area contributed by atoms with Crippen molar-refractivity contribution in [3.63, 3.8) is 0 Å². The number of hydrogen-bond donors (Lipinski definition) is 0. The summed E-state index contributed by atoms with van der Waals surface area (Å²) < 4.78 is 0. The molecule has 0 aromatic carbocycles. The predicted molar refractivity (Wildman–Crippen MR) is 21.3 cm³/mol. The second-order valence-corrected chi connectivity index (χ2v) is 0. The molecule has 0 unspecified atom stereocenters. The van der Waals surface area contributed by atoms with Gasteiger partial charge in [-0.2, -0.15) is 0 Å². The Morgan fingerprint density at radius 2 is 1.00 bits per heavy atom. The molecule has 0 aromatic heterocycles. The second kappa shape index (κ2) is 28.8. The molecule has 0 rings (SSSR count). The van der Waals surface area contributed by atoms with Crippen molar-refractivity contribution in [3.8, 4) is 0 Å². The molecule has 0 aromatic rings. The zero-order valence-electron chi connectivity index (χ0n) is 2.50. The van der Waals surface area contributed by atoms with E-state index in [9.17, 15) is 0 Å². The van der Waals surface area contributed by atoms with Crippen LogP contribution in [-0.4, -0.2) is 17.4 Å². The molecule has 0 atom stereocenters. The molecule has 0 heterocycles. The van der Waals surface area contributed by atoms with Gasteiger partial charge in [-0.1, -0.05) is 13.8 Å². The van der Waals surface area contributed by atoms with Gasteiger partial charge in [0, 0.05) is 21.7 Å². The van der Waals surface area contributed by atoms with E-state index < -0.39 is 0 Å². The zero-order valence-corrected chi connectivity index (χ0v) is 4.06. The van der Waals surface area contributed by atoms with Gasteiger partial charge in [0.1, 0.15) is 0 Å². The molecule has 0 aliphatic carbocycles. The monoisotopic (exact) mass is 108 g/mol. The molecule has 0 spiro atoms. The van der Waals surface area contributed by atoms with Crippen LogP contribution < -0.4 is 0 Å². The standard InChI is InChI=1S/C2H6.Al.Ti.3H/c1-2;;;;;/h1-2H3;;;;;. The molecule has 0 N–H and O–H groups in total. The van der Waals surface area contributed by atoms with Crippen LogP contribution in [0.4, 0.5) is 0 Å². The van der Waals surface area contributed by atoms with Gasteiger partial charge >= 0.3 is 0 Å². The van der Waals surface area contributed by atoms with Gasteiger partial charge in [-0.25, -0.2) is 0 Å². The molecule has 0 fully saturated rings. The number of rotatable bonds is 0. The van der Waals surface area contributed by atoms with E-state index in [1.807, 2.05) is 13.8 Å². The van der Waals surface area contributed by atoms with Crippen LogP contribution >= 0.6 is 0 Å². The van der Waals surface area contributed by atoms with E-state index in [4.69, 9.17) is 0 Å². The van der Waals surface area contributed by atoms with Gasteiger partial charge in [-0.3, -0.25) is 0 Å². The third kappa shape index (κ3) is 10.5. The third-order valence-electron chi connectivity index (χ3n) is 0. The van der Waals surface area contributed by atoms with Crippen molar-refractivity contribution >= 4 is 17.4 Å². The summed E-state index contributed by atoms with van der Waals surface area (Å²) in [5, 5.41) is 0. The second-order valence-electron chi connectivity index (χ2n) is 0. The van der Waals surface area contributed by atoms with Gasteiger partial charge in [0.25, 0.3) is 0 Å². The normalized spacial score (nSPS) is 1.50. The quantitative estimate of drug-likeness (QED) is 0.378. The summed E-state index contributed by atoms with van der Waals surface area (Å²) in [4.78, 5) is 0. The summed E-state index contributed by atoms with van der Waals surface area (Å²) in [5.41, 5.74) is 0. The van der Waals surface area contributed by atoms with Crippen molar-refractivity contribution < 1.29 is 21.7 Å². The van der Waals surface area contributed by atoms with Crippen molar-refractivity contribution in [1.82, 2.24) is 0 Å². The molecular weight excluding hydrogens is 98.9 g/mol. The average molecular weight is 108 g/mol. The Morgan fingerprint density at radius 3 is 1.00 bits per heavy atom. The summed E-state index contributed by atoms with van der Waals surface area (Å²) in [6.45, 7) is 4.00. The van der Waals surface area contributed by atoms with Crippen molar-refractivity contribution in [1.29, 1.82) is 0 Å². The van der Waals surface area contributed by atoms with Crippen LogP contribution in [0.5, 0.6) is 0 Å². The van der Waals surface area contributed by atoms with E-state index in [1.54, 1.807) is 0 Å². The molecule has 0 aliphatic heterocycles. The fraction of sp³-hybridized carbons (Fsp3) is 1.00. The molecule has 2 heteroatoms. The molecule has 0 amide bonds. The zero-order chi connectivity index (χ0) is 2.00. The maximum absolute atomic E-state index is 2.00. The minimum atomic E-state index is 0. The summed E-state index contributed by atoms with van der Waals surface area (Å²) in [7, 11) is 0. The van der Waals surface area contributed by atoms with E-state index in [0.29, 0.717) is 0 Å². The third-order valence-corrected chi connectivity index (χ3v) is 0. The van der Waals surface area contributed by atoms with Gasteiger partial charge in [0.15, 0.2) is 17.4 Å². The topological polar surface area (TPSA) is 0 Å². The van der Waals surface area contributed by atoms with Gasteiger partial charge in [-0.05, 0) is 0 Å². The van der Waals surface area contributed by atoms with E-state index >= 15 is 0 Å². The Labute approximate surface area is 53.0 Å². The summed E-state index contributed by atoms with van der Waals surface area (Å²) in [6.07, 6.45) is 0. The smallest absolute Gasteiger partial charge is 0.0683 e. The fourth-order valence-electron chi connectivity index (χ4n) is 0. The molecule has 0 saturated carbocycles. The van der Waals surface area contributed by atoms with Crippen LogP contribution in [0, 0.1) is 0 Å². The van der Waals surface area contributed by atoms with E-state index in [2.05, 4.69) is 0 Å². The van der Waals surface area contributed by atoms with E-state index in [1.165, 1.54) is 0 Å². The predicted octanol–water partition coefficient (Wildman–Crippen LogP) is -0.160. The molecule has 0 aliphatic rings. The molecule has 24 valence electrons. The van der Waals surface area contributed by atoms with Crippen LogP contribution in [-0.2, 0) is 21.7 Å². The molecule has 0 nitrogen and oxygen atoms in total. The average Bonchev–Trinajstić information content (AvgIpc) is 1.00. The SMILES string of the molecule is CC.[AlH3].[Ti]. The molecule has 4 heavy (non-hydrogen) atoms. The van der Waals surface area contributed by atoms with Crippen LogP contribution in [0.2, 0.25) is 0 Å². The van der Waals surface area contributed by atoms with Crippen molar-refractivity contribution in [2.24, 2.45) is 0 Å². The van der Waals surface area contributed by atoms with E-state index in [0.717, 1.165) is 0 Å². The van der Waals surface area contributed by atoms with Crippen molar-refractivity contribution in [2.45, 2.75) is 13.8 Å². The van der Waals surface area contributed by atoms with Gasteiger partial charge < -0.3 is 0 Å². The fourth-order valence-corrected chi connectivity index (χ4v) is 0. The Kier molecular flexibility index (Phi) is 135. The van der Waals surface area contributed by atoms with Crippen molar-refractivity contribution in [3.05, 3.63) is 0 Å². The summed E-state index contributed by atoms with van der Waals surface area (Å²) >= 11 is 0. The molecule has 0 radical (unpaired) electrons.